The topological polar surface area (TPSA) is 96.7 Å². The van der Waals surface area contributed by atoms with E-state index in [1.165, 1.54) is 18.3 Å². The number of hydrogen-bond donors (Lipinski definition) is 3. The molecule has 1 amide bonds. The summed E-state index contributed by atoms with van der Waals surface area (Å²) in [6, 6.07) is 2.71. The lowest BCUT2D eigenvalue weighted by Crippen LogP contribution is -2.13. The molecule has 0 radical (unpaired) electrons. The smallest absolute Gasteiger partial charge is 0.273 e. The van der Waals surface area contributed by atoms with Crippen LogP contribution in [0.5, 0.6) is 0 Å². The Morgan fingerprint density at radius 2 is 2.38 bits per heavy atom. The van der Waals surface area contributed by atoms with Crippen LogP contribution in [-0.2, 0) is 0 Å². The van der Waals surface area contributed by atoms with Gasteiger partial charge in [-0.1, -0.05) is 0 Å². The molecule has 0 aliphatic rings. The Morgan fingerprint density at radius 1 is 1.56 bits per heavy atom. The van der Waals surface area contributed by atoms with E-state index >= 15 is 0 Å². The fourth-order valence-electron chi connectivity index (χ4n) is 1.12. The van der Waals surface area contributed by atoms with E-state index in [0.29, 0.717) is 0 Å². The summed E-state index contributed by atoms with van der Waals surface area (Å²) in [5.41, 5.74) is 5.54. The Hall–Kier alpha value is -2.44. The van der Waals surface area contributed by atoms with Crippen molar-refractivity contribution >= 4 is 17.4 Å². The van der Waals surface area contributed by atoms with Gasteiger partial charge in [-0.3, -0.25) is 14.9 Å². The van der Waals surface area contributed by atoms with Gasteiger partial charge in [0.25, 0.3) is 5.91 Å². The Balaban J connectivity index is 2.17. The number of carbonyl (C=O) groups excluding carboxylic acids is 1. The second-order valence-corrected chi connectivity index (χ2v) is 3.02. The molecule has 0 spiro atoms. The zero-order valence-corrected chi connectivity index (χ0v) is 8.07. The molecule has 0 saturated carbocycles. The van der Waals surface area contributed by atoms with Gasteiger partial charge in [0.15, 0.2) is 5.82 Å². The van der Waals surface area contributed by atoms with E-state index in [2.05, 4.69) is 20.5 Å². The molecule has 2 rings (SSSR count). The number of rotatable bonds is 2. The van der Waals surface area contributed by atoms with Gasteiger partial charge in [0.2, 0.25) is 0 Å². The molecule has 16 heavy (non-hydrogen) atoms. The zero-order valence-electron chi connectivity index (χ0n) is 8.07. The molecule has 0 bridgehead atoms. The second-order valence-electron chi connectivity index (χ2n) is 3.02. The molecule has 2 aromatic heterocycles. The third kappa shape index (κ3) is 1.97. The number of pyridine rings is 1. The van der Waals surface area contributed by atoms with Crippen molar-refractivity contribution in [3.63, 3.8) is 0 Å². The molecule has 0 aliphatic carbocycles. The first-order valence-corrected chi connectivity index (χ1v) is 4.38. The Morgan fingerprint density at radius 3 is 3.00 bits per heavy atom. The predicted octanol–water partition coefficient (Wildman–Crippen LogP) is 0.778. The first-order valence-electron chi connectivity index (χ1n) is 4.38. The van der Waals surface area contributed by atoms with Gasteiger partial charge in [0.1, 0.15) is 11.5 Å². The molecule has 0 saturated heterocycles. The van der Waals surface area contributed by atoms with E-state index in [9.17, 15) is 9.18 Å². The van der Waals surface area contributed by atoms with Crippen LogP contribution >= 0.6 is 0 Å². The number of aromatic amines is 1. The van der Waals surface area contributed by atoms with Crippen LogP contribution < -0.4 is 11.1 Å². The highest BCUT2D eigenvalue weighted by Gasteiger charge is 2.11. The quantitative estimate of drug-likeness (QED) is 0.698. The molecule has 7 heteroatoms. The number of nitrogens with two attached hydrogens (primary N) is 1. The van der Waals surface area contributed by atoms with Crippen LogP contribution in [0.3, 0.4) is 0 Å². The number of nitrogens with zero attached hydrogens (tertiary/aromatic N) is 2. The van der Waals surface area contributed by atoms with Crippen molar-refractivity contribution in [2.24, 2.45) is 0 Å². The standard InChI is InChI=1S/C9H8FN5O/c10-5-4-12-2-1-6(5)13-9(16)7-3-8(11)15-14-7/h1-4H,(H3,11,14,15)(H,12,13,16). The van der Waals surface area contributed by atoms with Gasteiger partial charge in [-0.25, -0.2) is 4.39 Å². The van der Waals surface area contributed by atoms with Crippen molar-refractivity contribution in [2.75, 3.05) is 11.1 Å². The first kappa shape index (κ1) is 10.1. The molecule has 0 atom stereocenters. The normalized spacial score (nSPS) is 10.1. The minimum Gasteiger partial charge on any atom is -0.382 e. The van der Waals surface area contributed by atoms with Gasteiger partial charge in [0, 0.05) is 12.3 Å². The molecule has 0 aromatic carbocycles. The van der Waals surface area contributed by atoms with Gasteiger partial charge >= 0.3 is 0 Å². The Labute approximate surface area is 89.7 Å². The largest absolute Gasteiger partial charge is 0.382 e. The average Bonchev–Trinajstić information content (AvgIpc) is 2.68. The molecular weight excluding hydrogens is 213 g/mol. The number of H-pyrrole nitrogens is 1. The highest BCUT2D eigenvalue weighted by atomic mass is 19.1. The number of carbonyl (C=O) groups is 1. The lowest BCUT2D eigenvalue weighted by atomic mass is 10.3. The lowest BCUT2D eigenvalue weighted by Gasteiger charge is -2.03. The molecule has 2 aromatic rings. The summed E-state index contributed by atoms with van der Waals surface area (Å²) in [7, 11) is 0. The number of hydrogen-bond acceptors (Lipinski definition) is 4. The lowest BCUT2D eigenvalue weighted by molar-refractivity contribution is 0.102. The van der Waals surface area contributed by atoms with Crippen LogP contribution in [0.25, 0.3) is 0 Å². The molecule has 82 valence electrons. The monoisotopic (exact) mass is 221 g/mol. The van der Waals surface area contributed by atoms with Gasteiger partial charge in [0.05, 0.1) is 11.9 Å². The summed E-state index contributed by atoms with van der Waals surface area (Å²) in [4.78, 5) is 15.1. The van der Waals surface area contributed by atoms with Gasteiger partial charge in [-0.05, 0) is 6.07 Å². The number of nitrogen functional groups attached to an aromatic ring is 1. The molecular formula is C9H8FN5O. The molecule has 4 N–H and O–H groups in total. The van der Waals surface area contributed by atoms with Crippen molar-refractivity contribution in [1.29, 1.82) is 0 Å². The van der Waals surface area contributed by atoms with E-state index in [1.54, 1.807) is 0 Å². The van der Waals surface area contributed by atoms with Crippen LogP contribution in [0.1, 0.15) is 10.5 Å². The number of nitrogens with one attached hydrogen (secondary N) is 2. The van der Waals surface area contributed by atoms with Crippen molar-refractivity contribution in [1.82, 2.24) is 15.2 Å². The summed E-state index contributed by atoms with van der Waals surface area (Å²) in [5, 5.41) is 8.37. The minimum absolute atomic E-state index is 0.0492. The summed E-state index contributed by atoms with van der Waals surface area (Å²) in [6.07, 6.45) is 2.39. The van der Waals surface area contributed by atoms with Crippen LogP contribution in [0, 0.1) is 5.82 Å². The Kier molecular flexibility index (Phi) is 2.50. The molecule has 6 nitrogen and oxygen atoms in total. The molecule has 2 heterocycles. The van der Waals surface area contributed by atoms with E-state index < -0.39 is 11.7 Å². The molecule has 0 aliphatic heterocycles. The fourth-order valence-corrected chi connectivity index (χ4v) is 1.12. The van der Waals surface area contributed by atoms with Gasteiger partial charge < -0.3 is 11.1 Å². The van der Waals surface area contributed by atoms with Crippen LogP contribution in [0.2, 0.25) is 0 Å². The van der Waals surface area contributed by atoms with Crippen molar-refractivity contribution < 1.29 is 9.18 Å². The van der Waals surface area contributed by atoms with E-state index in [-0.39, 0.29) is 17.2 Å². The van der Waals surface area contributed by atoms with Crippen molar-refractivity contribution in [2.45, 2.75) is 0 Å². The van der Waals surface area contributed by atoms with E-state index in [0.717, 1.165) is 6.20 Å². The number of halogens is 1. The average molecular weight is 221 g/mol. The third-order valence-corrected chi connectivity index (χ3v) is 1.86. The summed E-state index contributed by atoms with van der Waals surface area (Å²) < 4.78 is 13.1. The SMILES string of the molecule is Nc1cc(C(=O)Nc2ccncc2F)[nH]n1. The van der Waals surface area contributed by atoms with Crippen LogP contribution in [0.15, 0.2) is 24.5 Å². The number of anilines is 2. The first-order chi connectivity index (χ1) is 7.66. The summed E-state index contributed by atoms with van der Waals surface area (Å²) in [5.74, 6) is -0.932. The van der Waals surface area contributed by atoms with Crippen LogP contribution in [-0.4, -0.2) is 21.1 Å². The van der Waals surface area contributed by atoms with Crippen molar-refractivity contribution in [3.8, 4) is 0 Å². The van der Waals surface area contributed by atoms with Crippen molar-refractivity contribution in [3.05, 3.63) is 36.0 Å². The minimum atomic E-state index is -0.608. The highest BCUT2D eigenvalue weighted by Crippen LogP contribution is 2.12. The predicted molar refractivity (Wildman–Crippen MR) is 55.1 cm³/mol. The maximum atomic E-state index is 13.1. The second kappa shape index (κ2) is 3.97. The highest BCUT2D eigenvalue weighted by molar-refractivity contribution is 6.03. The third-order valence-electron chi connectivity index (χ3n) is 1.86. The van der Waals surface area contributed by atoms with E-state index in [4.69, 9.17) is 5.73 Å². The molecule has 0 unspecified atom stereocenters. The fraction of sp³-hybridized carbons (Fsp3) is 0. The van der Waals surface area contributed by atoms with Gasteiger partial charge in [-0.2, -0.15) is 5.10 Å². The van der Waals surface area contributed by atoms with Crippen LogP contribution in [0.4, 0.5) is 15.9 Å². The number of amides is 1. The maximum absolute atomic E-state index is 13.1. The zero-order chi connectivity index (χ0) is 11.5. The van der Waals surface area contributed by atoms with E-state index in [1.807, 2.05) is 0 Å². The maximum Gasteiger partial charge on any atom is 0.273 e. The summed E-state index contributed by atoms with van der Waals surface area (Å²) >= 11 is 0. The Bertz CT molecular complexity index is 524. The van der Waals surface area contributed by atoms with Gasteiger partial charge in [-0.15, -0.1) is 0 Å². The molecule has 0 fully saturated rings. The number of aromatic nitrogens is 3. The summed E-state index contributed by atoms with van der Waals surface area (Å²) in [6.45, 7) is 0.